The van der Waals surface area contributed by atoms with Crippen molar-refractivity contribution < 1.29 is 9.53 Å². The molecule has 0 spiro atoms. The second kappa shape index (κ2) is 9.29. The number of amides is 1. The maximum atomic E-state index is 13.1. The topological polar surface area (TPSA) is 60.3 Å². The number of benzene rings is 3. The van der Waals surface area contributed by atoms with Gasteiger partial charge in [-0.2, -0.15) is 0 Å². The van der Waals surface area contributed by atoms with Crippen molar-refractivity contribution in [3.05, 3.63) is 83.4 Å². The summed E-state index contributed by atoms with van der Waals surface area (Å²) < 4.78 is 7.48. The summed E-state index contributed by atoms with van der Waals surface area (Å²) in [5.41, 5.74) is 3.87. The predicted molar refractivity (Wildman–Crippen MR) is 132 cm³/mol. The molecule has 4 aromatic rings. The van der Waals surface area contributed by atoms with Crippen LogP contribution in [0.15, 0.2) is 78.0 Å². The molecule has 166 valence electrons. The summed E-state index contributed by atoms with van der Waals surface area (Å²) in [6.07, 6.45) is 0.880. The summed E-state index contributed by atoms with van der Waals surface area (Å²) in [6, 6.07) is 23.2. The average molecular weight is 477 g/mol. The van der Waals surface area contributed by atoms with Crippen LogP contribution in [0, 0.1) is 0 Å². The molecule has 0 fully saturated rings. The predicted octanol–water partition coefficient (Wildman–Crippen LogP) is 5.28. The monoisotopic (exact) mass is 476 g/mol. The number of thioether (sulfide) groups is 1. The van der Waals surface area contributed by atoms with Gasteiger partial charge in [0.1, 0.15) is 5.75 Å². The number of halogens is 1. The Kier molecular flexibility index (Phi) is 6.07. The molecule has 0 radical (unpaired) electrons. The van der Waals surface area contributed by atoms with Gasteiger partial charge in [-0.15, -0.1) is 10.2 Å². The Bertz CT molecular complexity index is 1310. The molecule has 0 bridgehead atoms. The Morgan fingerprint density at radius 2 is 1.79 bits per heavy atom. The lowest BCUT2D eigenvalue weighted by Gasteiger charge is -2.17. The van der Waals surface area contributed by atoms with Crippen LogP contribution in [0.2, 0.25) is 5.02 Å². The van der Waals surface area contributed by atoms with Crippen molar-refractivity contribution in [3.63, 3.8) is 0 Å². The van der Waals surface area contributed by atoms with Crippen LogP contribution in [0.1, 0.15) is 5.56 Å². The number of carbonyl (C=O) groups excluding carboxylic acids is 1. The normalized spacial score (nSPS) is 12.6. The Labute approximate surface area is 201 Å². The summed E-state index contributed by atoms with van der Waals surface area (Å²) in [6.45, 7) is 0.703. The van der Waals surface area contributed by atoms with Gasteiger partial charge < -0.3 is 9.64 Å². The molecule has 0 saturated carbocycles. The summed E-state index contributed by atoms with van der Waals surface area (Å²) in [7, 11) is 1.63. The number of anilines is 1. The van der Waals surface area contributed by atoms with Crippen molar-refractivity contribution in [2.24, 2.45) is 0 Å². The van der Waals surface area contributed by atoms with E-state index in [1.54, 1.807) is 7.11 Å². The highest BCUT2D eigenvalue weighted by atomic mass is 35.5. The average Bonchev–Trinajstić information content (AvgIpc) is 3.47. The van der Waals surface area contributed by atoms with Gasteiger partial charge in [0.25, 0.3) is 0 Å². The van der Waals surface area contributed by atoms with Crippen molar-refractivity contribution in [2.75, 3.05) is 24.3 Å². The maximum Gasteiger partial charge on any atom is 0.237 e. The molecular weight excluding hydrogens is 456 g/mol. The number of fused-ring (bicyclic) bond motifs is 1. The number of aromatic nitrogens is 3. The number of ether oxygens (including phenoxy) is 1. The molecule has 6 nitrogen and oxygen atoms in total. The Balaban J connectivity index is 1.47. The second-order valence-corrected chi connectivity index (χ2v) is 8.91. The van der Waals surface area contributed by atoms with E-state index in [-0.39, 0.29) is 11.7 Å². The van der Waals surface area contributed by atoms with Gasteiger partial charge in [0.15, 0.2) is 11.0 Å². The molecular formula is C25H21ClN4O2S. The van der Waals surface area contributed by atoms with Gasteiger partial charge in [-0.3, -0.25) is 9.36 Å². The lowest BCUT2D eigenvalue weighted by Crippen LogP contribution is -2.30. The zero-order chi connectivity index (χ0) is 22.8. The van der Waals surface area contributed by atoms with Crippen molar-refractivity contribution in [1.82, 2.24) is 14.8 Å². The third-order valence-electron chi connectivity index (χ3n) is 5.58. The maximum absolute atomic E-state index is 13.1. The van der Waals surface area contributed by atoms with E-state index in [2.05, 4.69) is 16.3 Å². The van der Waals surface area contributed by atoms with Gasteiger partial charge in [0.05, 0.1) is 18.4 Å². The van der Waals surface area contributed by atoms with E-state index in [9.17, 15) is 4.79 Å². The number of rotatable bonds is 6. The summed E-state index contributed by atoms with van der Waals surface area (Å²) in [5.74, 6) is 1.64. The van der Waals surface area contributed by atoms with E-state index in [1.165, 1.54) is 17.3 Å². The molecule has 0 N–H and O–H groups in total. The fourth-order valence-corrected chi connectivity index (χ4v) is 4.95. The molecule has 8 heteroatoms. The molecule has 1 aliphatic rings. The van der Waals surface area contributed by atoms with E-state index in [0.717, 1.165) is 23.4 Å². The first-order chi connectivity index (χ1) is 16.2. The van der Waals surface area contributed by atoms with E-state index in [0.29, 0.717) is 28.3 Å². The van der Waals surface area contributed by atoms with Crippen LogP contribution in [0.5, 0.6) is 5.75 Å². The zero-order valence-electron chi connectivity index (χ0n) is 17.9. The van der Waals surface area contributed by atoms with E-state index in [1.807, 2.05) is 76.2 Å². The summed E-state index contributed by atoms with van der Waals surface area (Å²) in [4.78, 5) is 14.9. The van der Waals surface area contributed by atoms with Crippen molar-refractivity contribution in [1.29, 1.82) is 0 Å². The Hall–Kier alpha value is -3.29. The molecule has 0 aliphatic carbocycles. The van der Waals surface area contributed by atoms with E-state index >= 15 is 0 Å². The van der Waals surface area contributed by atoms with Gasteiger partial charge in [-0.25, -0.2) is 0 Å². The van der Waals surface area contributed by atoms with Crippen LogP contribution in [0.4, 0.5) is 5.69 Å². The molecule has 3 aromatic carbocycles. The minimum absolute atomic E-state index is 0.0504. The van der Waals surface area contributed by atoms with Gasteiger partial charge in [-0.05, 0) is 54.4 Å². The second-order valence-electron chi connectivity index (χ2n) is 7.53. The molecule has 1 amide bonds. The number of nitrogens with zero attached hydrogens (tertiary/aromatic N) is 4. The Morgan fingerprint density at radius 1 is 1.03 bits per heavy atom. The highest BCUT2D eigenvalue weighted by Gasteiger charge is 2.25. The summed E-state index contributed by atoms with van der Waals surface area (Å²) in [5, 5.41) is 10.2. The van der Waals surface area contributed by atoms with Crippen LogP contribution < -0.4 is 9.64 Å². The van der Waals surface area contributed by atoms with Crippen LogP contribution in [-0.4, -0.2) is 40.1 Å². The molecule has 0 saturated heterocycles. The molecule has 5 rings (SSSR count). The van der Waals surface area contributed by atoms with E-state index < -0.39 is 0 Å². The minimum Gasteiger partial charge on any atom is -0.496 e. The number of hydrogen-bond donors (Lipinski definition) is 0. The SMILES string of the molecule is COc1ccccc1-c1nnc(SCC(=O)N2CCc3ccccc32)n1-c1ccc(Cl)cc1. The van der Waals surface area contributed by atoms with Crippen LogP contribution >= 0.6 is 23.4 Å². The van der Waals surface area contributed by atoms with Crippen molar-refractivity contribution >= 4 is 35.0 Å². The molecule has 1 aromatic heterocycles. The molecule has 0 atom stereocenters. The fraction of sp³-hybridized carbons (Fsp3) is 0.160. The molecule has 33 heavy (non-hydrogen) atoms. The molecule has 2 heterocycles. The summed E-state index contributed by atoms with van der Waals surface area (Å²) >= 11 is 7.49. The fourth-order valence-electron chi connectivity index (χ4n) is 3.99. The van der Waals surface area contributed by atoms with Gasteiger partial charge in [0.2, 0.25) is 5.91 Å². The van der Waals surface area contributed by atoms with Crippen LogP contribution in [0.3, 0.4) is 0 Å². The lowest BCUT2D eigenvalue weighted by atomic mass is 10.2. The van der Waals surface area contributed by atoms with Crippen LogP contribution in [-0.2, 0) is 11.2 Å². The van der Waals surface area contributed by atoms with E-state index in [4.69, 9.17) is 16.3 Å². The van der Waals surface area contributed by atoms with Gasteiger partial charge in [-0.1, -0.05) is 53.7 Å². The largest absolute Gasteiger partial charge is 0.496 e. The van der Waals surface area contributed by atoms with Crippen molar-refractivity contribution in [2.45, 2.75) is 11.6 Å². The number of carbonyl (C=O) groups is 1. The Morgan fingerprint density at radius 3 is 2.61 bits per heavy atom. The first kappa shape index (κ1) is 21.6. The number of para-hydroxylation sites is 2. The van der Waals surface area contributed by atoms with Crippen molar-refractivity contribution in [3.8, 4) is 22.8 Å². The number of hydrogen-bond acceptors (Lipinski definition) is 5. The lowest BCUT2D eigenvalue weighted by molar-refractivity contribution is -0.116. The van der Waals surface area contributed by atoms with Gasteiger partial charge in [0, 0.05) is 22.9 Å². The first-order valence-corrected chi connectivity index (χ1v) is 11.9. The highest BCUT2D eigenvalue weighted by Crippen LogP contribution is 2.34. The standard InChI is InChI=1S/C25H21ClN4O2S/c1-32-22-9-5-3-7-20(22)24-27-28-25(30(24)19-12-10-18(26)11-13-19)33-16-23(31)29-15-14-17-6-2-4-8-21(17)29/h2-13H,14-16H2,1H3. The number of methoxy groups -OCH3 is 1. The highest BCUT2D eigenvalue weighted by molar-refractivity contribution is 7.99. The third kappa shape index (κ3) is 4.21. The zero-order valence-corrected chi connectivity index (χ0v) is 19.5. The third-order valence-corrected chi connectivity index (χ3v) is 6.74. The smallest absolute Gasteiger partial charge is 0.237 e. The van der Waals surface area contributed by atoms with Crippen LogP contribution in [0.25, 0.3) is 17.1 Å². The quantitative estimate of drug-likeness (QED) is 0.354. The molecule has 0 unspecified atom stereocenters. The minimum atomic E-state index is 0.0504. The van der Waals surface area contributed by atoms with Gasteiger partial charge >= 0.3 is 0 Å². The first-order valence-electron chi connectivity index (χ1n) is 10.5. The molecule has 1 aliphatic heterocycles.